The molecule has 1 aromatic rings. The van der Waals surface area contributed by atoms with E-state index in [1.165, 1.54) is 13.1 Å². The first kappa shape index (κ1) is 13.3. The Morgan fingerprint density at radius 2 is 2.05 bits per heavy atom. The molecule has 1 aliphatic rings. The molecule has 2 rings (SSSR count). The average Bonchev–Trinajstić information content (AvgIpc) is 2.41. The molecular formula is C14H11ClN2O2. The summed E-state index contributed by atoms with van der Waals surface area (Å²) in [4.78, 5) is 24.5. The molecule has 1 aromatic carbocycles. The van der Waals surface area contributed by atoms with Crippen molar-refractivity contribution in [2.24, 2.45) is 5.92 Å². The maximum atomic E-state index is 12.0. The highest BCUT2D eigenvalue weighted by atomic mass is 35.5. The number of carbonyl (C=O) groups excluding carboxylic acids is 2. The average molecular weight is 275 g/mol. The van der Waals surface area contributed by atoms with Crippen molar-refractivity contribution in [3.05, 3.63) is 46.5 Å². The van der Waals surface area contributed by atoms with Gasteiger partial charge in [-0.05, 0) is 18.1 Å². The number of nitrogens with zero attached hydrogens (tertiary/aromatic N) is 2. The van der Waals surface area contributed by atoms with E-state index in [1.807, 2.05) is 0 Å². The van der Waals surface area contributed by atoms with Gasteiger partial charge in [-0.3, -0.25) is 14.5 Å². The molecule has 2 amide bonds. The van der Waals surface area contributed by atoms with E-state index in [2.05, 4.69) is 6.07 Å². The van der Waals surface area contributed by atoms with Gasteiger partial charge in [-0.25, -0.2) is 0 Å². The first-order valence-corrected chi connectivity index (χ1v) is 6.09. The van der Waals surface area contributed by atoms with E-state index >= 15 is 0 Å². The minimum absolute atomic E-state index is 0.223. The van der Waals surface area contributed by atoms with Crippen LogP contribution in [0.1, 0.15) is 11.1 Å². The highest BCUT2D eigenvalue weighted by Gasteiger charge is 2.33. The second-order valence-corrected chi connectivity index (χ2v) is 4.73. The van der Waals surface area contributed by atoms with Crippen LogP contribution in [0.5, 0.6) is 0 Å². The smallest absolute Gasteiger partial charge is 0.254 e. The number of rotatable bonds is 2. The van der Waals surface area contributed by atoms with E-state index in [1.54, 1.807) is 24.3 Å². The van der Waals surface area contributed by atoms with E-state index in [0.717, 1.165) is 10.5 Å². The van der Waals surface area contributed by atoms with Crippen LogP contribution in [-0.2, 0) is 16.0 Å². The van der Waals surface area contributed by atoms with Gasteiger partial charge in [-0.2, -0.15) is 5.26 Å². The molecule has 1 aliphatic heterocycles. The molecule has 0 aliphatic carbocycles. The van der Waals surface area contributed by atoms with Crippen LogP contribution in [0.2, 0.25) is 0 Å². The number of likely N-dealkylation sites (N-methyl/N-ethyl adjacent to an activating group) is 1. The van der Waals surface area contributed by atoms with Gasteiger partial charge in [0.25, 0.3) is 5.91 Å². The first-order valence-electron chi connectivity index (χ1n) is 5.71. The standard InChI is InChI=1S/C14H11ClN2O2/c1-17-13(18)7-12(15)11(14(17)19)6-9-4-2-3-5-10(9)8-16/h2-5,7,11H,6H2,1H3. The van der Waals surface area contributed by atoms with Crippen molar-refractivity contribution in [3.63, 3.8) is 0 Å². The summed E-state index contributed by atoms with van der Waals surface area (Å²) in [5, 5.41) is 9.25. The van der Waals surface area contributed by atoms with Gasteiger partial charge in [-0.1, -0.05) is 29.8 Å². The number of benzene rings is 1. The summed E-state index contributed by atoms with van der Waals surface area (Å²) in [6.07, 6.45) is 1.57. The summed E-state index contributed by atoms with van der Waals surface area (Å²) in [6.45, 7) is 0. The Morgan fingerprint density at radius 3 is 2.74 bits per heavy atom. The Hall–Kier alpha value is -2.12. The second kappa shape index (κ2) is 5.25. The van der Waals surface area contributed by atoms with Gasteiger partial charge in [0.2, 0.25) is 5.91 Å². The van der Waals surface area contributed by atoms with E-state index in [0.29, 0.717) is 12.0 Å². The summed E-state index contributed by atoms with van der Waals surface area (Å²) in [5.41, 5.74) is 1.26. The quantitative estimate of drug-likeness (QED) is 0.773. The van der Waals surface area contributed by atoms with Crippen molar-refractivity contribution in [1.82, 2.24) is 4.90 Å². The topological polar surface area (TPSA) is 61.2 Å². The van der Waals surface area contributed by atoms with Crippen molar-refractivity contribution in [1.29, 1.82) is 5.26 Å². The SMILES string of the molecule is CN1C(=O)C=C(Cl)C(Cc2ccccc2C#N)C1=O. The highest BCUT2D eigenvalue weighted by molar-refractivity contribution is 6.34. The maximum Gasteiger partial charge on any atom is 0.254 e. The van der Waals surface area contributed by atoms with Gasteiger partial charge < -0.3 is 0 Å². The molecule has 1 heterocycles. The van der Waals surface area contributed by atoms with E-state index in [-0.39, 0.29) is 10.9 Å². The molecule has 0 spiro atoms. The number of nitriles is 1. The number of hydrogen-bond donors (Lipinski definition) is 0. The number of imide groups is 1. The lowest BCUT2D eigenvalue weighted by Crippen LogP contribution is -2.41. The van der Waals surface area contributed by atoms with Crippen LogP contribution in [0.4, 0.5) is 0 Å². The third-order valence-corrected chi connectivity index (χ3v) is 3.49. The molecule has 0 aromatic heterocycles. The minimum atomic E-state index is -0.598. The van der Waals surface area contributed by atoms with Crippen molar-refractivity contribution in [3.8, 4) is 6.07 Å². The van der Waals surface area contributed by atoms with Crippen molar-refractivity contribution in [2.45, 2.75) is 6.42 Å². The molecule has 96 valence electrons. The molecule has 5 heteroatoms. The van der Waals surface area contributed by atoms with Crippen LogP contribution in [0.25, 0.3) is 0 Å². The van der Waals surface area contributed by atoms with E-state index < -0.39 is 11.8 Å². The number of hydrogen-bond acceptors (Lipinski definition) is 3. The number of amides is 2. The Morgan fingerprint density at radius 1 is 1.37 bits per heavy atom. The zero-order valence-electron chi connectivity index (χ0n) is 10.3. The fourth-order valence-corrected chi connectivity index (χ4v) is 2.25. The molecule has 0 bridgehead atoms. The van der Waals surface area contributed by atoms with Crippen molar-refractivity contribution in [2.75, 3.05) is 7.05 Å². The van der Waals surface area contributed by atoms with Crippen LogP contribution in [-0.4, -0.2) is 23.8 Å². The largest absolute Gasteiger partial charge is 0.282 e. The summed E-state index contributed by atoms with van der Waals surface area (Å²) in [7, 11) is 1.42. The zero-order chi connectivity index (χ0) is 14.0. The molecule has 1 unspecified atom stereocenters. The Balaban J connectivity index is 2.33. The van der Waals surface area contributed by atoms with E-state index in [4.69, 9.17) is 16.9 Å². The van der Waals surface area contributed by atoms with Gasteiger partial charge >= 0.3 is 0 Å². The summed E-state index contributed by atoms with van der Waals surface area (Å²) < 4.78 is 0. The van der Waals surface area contributed by atoms with Crippen LogP contribution < -0.4 is 0 Å². The summed E-state index contributed by atoms with van der Waals surface area (Å²) in [5.74, 6) is -1.36. The molecule has 0 saturated carbocycles. The van der Waals surface area contributed by atoms with Crippen molar-refractivity contribution < 1.29 is 9.59 Å². The number of carbonyl (C=O) groups is 2. The Bertz CT molecular complexity index is 616. The lowest BCUT2D eigenvalue weighted by atomic mass is 9.92. The lowest BCUT2D eigenvalue weighted by Gasteiger charge is -2.26. The normalized spacial score (nSPS) is 19.1. The van der Waals surface area contributed by atoms with Crippen LogP contribution >= 0.6 is 11.6 Å². The highest BCUT2D eigenvalue weighted by Crippen LogP contribution is 2.27. The molecule has 0 N–H and O–H groups in total. The van der Waals surface area contributed by atoms with Gasteiger partial charge in [0.15, 0.2) is 0 Å². The Kier molecular flexibility index (Phi) is 3.68. The maximum absolute atomic E-state index is 12.0. The molecule has 0 fully saturated rings. The summed E-state index contributed by atoms with van der Waals surface area (Å²) in [6, 6.07) is 9.12. The zero-order valence-corrected chi connectivity index (χ0v) is 11.0. The van der Waals surface area contributed by atoms with Gasteiger partial charge in [0.05, 0.1) is 17.6 Å². The number of halogens is 1. The van der Waals surface area contributed by atoms with Gasteiger partial charge in [0.1, 0.15) is 0 Å². The molecule has 19 heavy (non-hydrogen) atoms. The fraction of sp³-hybridized carbons (Fsp3) is 0.214. The molecular weight excluding hydrogens is 264 g/mol. The van der Waals surface area contributed by atoms with Gasteiger partial charge in [-0.15, -0.1) is 0 Å². The Labute approximate surface area is 115 Å². The van der Waals surface area contributed by atoms with Crippen molar-refractivity contribution >= 4 is 23.4 Å². The summed E-state index contributed by atoms with van der Waals surface area (Å²) >= 11 is 5.99. The van der Waals surface area contributed by atoms with Crippen LogP contribution in [0, 0.1) is 17.2 Å². The predicted octanol–water partition coefficient (Wildman–Crippen LogP) is 1.84. The molecule has 1 atom stereocenters. The third kappa shape index (κ3) is 2.51. The van der Waals surface area contributed by atoms with Crippen LogP contribution in [0.15, 0.2) is 35.4 Å². The van der Waals surface area contributed by atoms with Crippen LogP contribution in [0.3, 0.4) is 0 Å². The third-order valence-electron chi connectivity index (χ3n) is 3.12. The molecule has 0 radical (unpaired) electrons. The fourth-order valence-electron chi connectivity index (χ4n) is 1.99. The second-order valence-electron chi connectivity index (χ2n) is 4.29. The molecule has 0 saturated heterocycles. The molecule has 4 nitrogen and oxygen atoms in total. The first-order chi connectivity index (χ1) is 9.04. The predicted molar refractivity (Wildman–Crippen MR) is 70.1 cm³/mol. The van der Waals surface area contributed by atoms with E-state index in [9.17, 15) is 9.59 Å². The van der Waals surface area contributed by atoms with Gasteiger partial charge in [0, 0.05) is 18.2 Å². The minimum Gasteiger partial charge on any atom is -0.282 e. The monoisotopic (exact) mass is 274 g/mol. The lowest BCUT2D eigenvalue weighted by molar-refractivity contribution is -0.143.